The Morgan fingerprint density at radius 2 is 1.96 bits per heavy atom. The molecule has 2 aromatic carbocycles. The van der Waals surface area contributed by atoms with Crippen LogP contribution in [0.1, 0.15) is 20.9 Å². The first-order chi connectivity index (χ1) is 12.3. The molecule has 1 N–H and O–H groups in total. The summed E-state index contributed by atoms with van der Waals surface area (Å²) in [6.45, 7) is 2.15. The normalized spacial score (nSPS) is 11.7. The van der Waals surface area contributed by atoms with Crippen LogP contribution >= 0.6 is 11.3 Å². The third-order valence-electron chi connectivity index (χ3n) is 4.08. The molecule has 0 spiro atoms. The molecule has 0 bridgehead atoms. The molecule has 0 unspecified atom stereocenters. The zero-order valence-electron chi connectivity index (χ0n) is 14.7. The van der Waals surface area contributed by atoms with Crippen LogP contribution in [0.25, 0.3) is 10.2 Å². The van der Waals surface area contributed by atoms with Gasteiger partial charge in [-0.15, -0.1) is 11.3 Å². The number of rotatable bonds is 5. The van der Waals surface area contributed by atoms with Gasteiger partial charge in [0.1, 0.15) is 5.01 Å². The number of aromatic nitrogens is 1. The number of carbonyl (C=O) groups excluding carboxylic acids is 1. The highest BCUT2D eigenvalue weighted by molar-refractivity contribution is 7.89. The van der Waals surface area contributed by atoms with E-state index in [2.05, 4.69) is 9.71 Å². The van der Waals surface area contributed by atoms with E-state index in [1.54, 1.807) is 36.3 Å². The standard InChI is InChI=1S/C18H19N3O3S2/c1-12-8-9-13(26(23,24)19-2)10-14(12)18(22)21(3)11-17-20-15-6-4-5-7-16(15)25-17/h4-10,19H,11H2,1-3H3. The zero-order chi connectivity index (χ0) is 18.9. The fourth-order valence-corrected chi connectivity index (χ4v) is 4.36. The molecule has 0 aliphatic carbocycles. The predicted octanol–water partition coefficient (Wildman–Crippen LogP) is 2.79. The van der Waals surface area contributed by atoms with Gasteiger partial charge in [0.25, 0.3) is 5.91 Å². The molecule has 8 heteroatoms. The number of fused-ring (bicyclic) bond motifs is 1. The van der Waals surface area contributed by atoms with Gasteiger partial charge in [-0.2, -0.15) is 0 Å². The maximum absolute atomic E-state index is 12.8. The summed E-state index contributed by atoms with van der Waals surface area (Å²) in [5.41, 5.74) is 2.00. The maximum Gasteiger partial charge on any atom is 0.254 e. The Bertz CT molecular complexity index is 1040. The number of nitrogens with one attached hydrogen (secondary N) is 1. The minimum Gasteiger partial charge on any atom is -0.335 e. The molecule has 1 amide bonds. The summed E-state index contributed by atoms with van der Waals surface area (Å²) in [5.74, 6) is -0.241. The highest BCUT2D eigenvalue weighted by Crippen LogP contribution is 2.23. The number of amides is 1. The molecule has 136 valence electrons. The predicted molar refractivity (Wildman–Crippen MR) is 103 cm³/mol. The summed E-state index contributed by atoms with van der Waals surface area (Å²) in [6.07, 6.45) is 0. The Kier molecular flexibility index (Phi) is 5.08. The second-order valence-electron chi connectivity index (χ2n) is 5.92. The Morgan fingerprint density at radius 1 is 1.23 bits per heavy atom. The Labute approximate surface area is 156 Å². The van der Waals surface area contributed by atoms with Crippen LogP contribution in [0, 0.1) is 6.92 Å². The van der Waals surface area contributed by atoms with Gasteiger partial charge >= 0.3 is 0 Å². The summed E-state index contributed by atoms with van der Waals surface area (Å²) in [4.78, 5) is 19.0. The van der Waals surface area contributed by atoms with Gasteiger partial charge in [0.05, 0.1) is 21.7 Å². The Morgan fingerprint density at radius 3 is 2.65 bits per heavy atom. The van der Waals surface area contributed by atoms with Gasteiger partial charge < -0.3 is 4.90 Å². The van der Waals surface area contributed by atoms with Gasteiger partial charge in [-0.05, 0) is 43.8 Å². The number of sulfonamides is 1. The van der Waals surface area contributed by atoms with Crippen LogP contribution < -0.4 is 4.72 Å². The van der Waals surface area contributed by atoms with Gasteiger partial charge in [0.15, 0.2) is 0 Å². The van der Waals surface area contributed by atoms with Crippen molar-refractivity contribution >= 4 is 37.5 Å². The van der Waals surface area contributed by atoms with Crippen LogP contribution in [0.2, 0.25) is 0 Å². The second-order valence-corrected chi connectivity index (χ2v) is 8.92. The van der Waals surface area contributed by atoms with Gasteiger partial charge in [0.2, 0.25) is 10.0 Å². The van der Waals surface area contributed by atoms with E-state index in [4.69, 9.17) is 0 Å². The summed E-state index contributed by atoms with van der Waals surface area (Å²) in [5, 5.41) is 0.832. The quantitative estimate of drug-likeness (QED) is 0.728. The van der Waals surface area contributed by atoms with Crippen molar-refractivity contribution in [3.63, 3.8) is 0 Å². The van der Waals surface area contributed by atoms with Crippen LogP contribution in [-0.4, -0.2) is 38.3 Å². The molecule has 26 heavy (non-hydrogen) atoms. The van der Waals surface area contributed by atoms with Gasteiger partial charge in [-0.1, -0.05) is 18.2 Å². The number of hydrogen-bond acceptors (Lipinski definition) is 5. The van der Waals surface area contributed by atoms with Crippen molar-refractivity contribution in [3.8, 4) is 0 Å². The summed E-state index contributed by atoms with van der Waals surface area (Å²) in [7, 11) is -0.573. The minimum absolute atomic E-state index is 0.0716. The number of thiazole rings is 1. The first-order valence-electron chi connectivity index (χ1n) is 7.96. The molecular formula is C18H19N3O3S2. The molecular weight excluding hydrogens is 370 g/mol. The maximum atomic E-state index is 12.8. The largest absolute Gasteiger partial charge is 0.335 e. The monoisotopic (exact) mass is 389 g/mol. The van der Waals surface area contributed by atoms with Crippen molar-refractivity contribution in [2.45, 2.75) is 18.4 Å². The summed E-state index contributed by atoms with van der Waals surface area (Å²) < 4.78 is 27.3. The lowest BCUT2D eigenvalue weighted by Crippen LogP contribution is -2.27. The molecule has 1 aromatic heterocycles. The van der Waals surface area contributed by atoms with Crippen molar-refractivity contribution in [1.29, 1.82) is 0 Å². The van der Waals surface area contributed by atoms with E-state index < -0.39 is 10.0 Å². The fourth-order valence-electron chi connectivity index (χ4n) is 2.58. The highest BCUT2D eigenvalue weighted by atomic mass is 32.2. The van der Waals surface area contributed by atoms with Gasteiger partial charge in [-0.3, -0.25) is 4.79 Å². The molecule has 0 saturated heterocycles. The first kappa shape index (κ1) is 18.5. The topological polar surface area (TPSA) is 79.4 Å². The number of para-hydroxylation sites is 1. The third kappa shape index (κ3) is 3.62. The number of hydrogen-bond donors (Lipinski definition) is 1. The van der Waals surface area contributed by atoms with Crippen LogP contribution in [0.3, 0.4) is 0 Å². The lowest BCUT2D eigenvalue weighted by atomic mass is 10.1. The van der Waals surface area contributed by atoms with Gasteiger partial charge in [0, 0.05) is 12.6 Å². The molecule has 0 aliphatic heterocycles. The molecule has 6 nitrogen and oxygen atoms in total. The van der Waals surface area contributed by atoms with Crippen LogP contribution in [0.4, 0.5) is 0 Å². The van der Waals surface area contributed by atoms with Crippen molar-refractivity contribution in [3.05, 3.63) is 58.6 Å². The van der Waals surface area contributed by atoms with Crippen LogP contribution in [0.15, 0.2) is 47.4 Å². The van der Waals surface area contributed by atoms with Crippen LogP contribution in [-0.2, 0) is 16.6 Å². The number of aryl methyl sites for hydroxylation is 1. The number of nitrogens with zero attached hydrogens (tertiary/aromatic N) is 2. The Hall–Kier alpha value is -2.29. The van der Waals surface area contributed by atoms with Crippen molar-refractivity contribution in [2.75, 3.05) is 14.1 Å². The molecule has 0 atom stereocenters. The van der Waals surface area contributed by atoms with Crippen LogP contribution in [0.5, 0.6) is 0 Å². The Balaban J connectivity index is 1.87. The van der Waals surface area contributed by atoms with E-state index in [1.165, 1.54) is 19.2 Å². The van der Waals surface area contributed by atoms with Crippen molar-refractivity contribution in [1.82, 2.24) is 14.6 Å². The minimum atomic E-state index is -3.60. The molecule has 0 aliphatic rings. The van der Waals surface area contributed by atoms with Crippen molar-refractivity contribution < 1.29 is 13.2 Å². The average Bonchev–Trinajstić information content (AvgIpc) is 3.03. The van der Waals surface area contributed by atoms with E-state index >= 15 is 0 Å². The fraction of sp³-hybridized carbons (Fsp3) is 0.222. The number of benzene rings is 2. The average molecular weight is 390 g/mol. The third-order valence-corrected chi connectivity index (χ3v) is 6.51. The molecule has 3 aromatic rings. The molecule has 0 radical (unpaired) electrons. The van der Waals surface area contributed by atoms with E-state index in [-0.39, 0.29) is 10.8 Å². The summed E-state index contributed by atoms with van der Waals surface area (Å²) in [6, 6.07) is 12.4. The molecule has 3 rings (SSSR count). The molecule has 0 fully saturated rings. The van der Waals surface area contributed by atoms with E-state index in [0.29, 0.717) is 12.1 Å². The molecule has 0 saturated carbocycles. The number of carbonyl (C=O) groups is 1. The van der Waals surface area contributed by atoms with E-state index in [1.807, 2.05) is 24.3 Å². The van der Waals surface area contributed by atoms with Gasteiger partial charge in [-0.25, -0.2) is 18.1 Å². The van der Waals surface area contributed by atoms with E-state index in [9.17, 15) is 13.2 Å². The lowest BCUT2D eigenvalue weighted by molar-refractivity contribution is 0.0784. The lowest BCUT2D eigenvalue weighted by Gasteiger charge is -2.17. The highest BCUT2D eigenvalue weighted by Gasteiger charge is 2.20. The van der Waals surface area contributed by atoms with E-state index in [0.717, 1.165) is 20.8 Å². The SMILES string of the molecule is CNS(=O)(=O)c1ccc(C)c(C(=O)N(C)Cc2nc3ccccc3s2)c1. The molecule has 1 heterocycles. The smallest absolute Gasteiger partial charge is 0.254 e. The zero-order valence-corrected chi connectivity index (χ0v) is 16.3. The van der Waals surface area contributed by atoms with Crippen molar-refractivity contribution in [2.24, 2.45) is 0 Å². The second kappa shape index (κ2) is 7.14. The summed E-state index contributed by atoms with van der Waals surface area (Å²) >= 11 is 1.54. The first-order valence-corrected chi connectivity index (χ1v) is 10.3.